The second-order valence-electron chi connectivity index (χ2n) is 4.82. The van der Waals surface area contributed by atoms with Crippen molar-refractivity contribution in [1.29, 1.82) is 0 Å². The number of hydrazone groups is 1. The van der Waals surface area contributed by atoms with Crippen LogP contribution in [0, 0.1) is 0 Å². The molecule has 2 aliphatic rings. The van der Waals surface area contributed by atoms with Crippen LogP contribution in [-0.4, -0.2) is 63.7 Å². The Labute approximate surface area is 136 Å². The Morgan fingerprint density at radius 3 is 2.52 bits per heavy atom. The van der Waals surface area contributed by atoms with Crippen LogP contribution in [0.3, 0.4) is 0 Å². The fourth-order valence-electron chi connectivity index (χ4n) is 2.33. The number of carbonyl (C=O) groups excluding carboxylic acids is 4. The smallest absolute Gasteiger partial charge is 0.356 e. The van der Waals surface area contributed by atoms with Crippen LogP contribution in [0.4, 0.5) is 0 Å². The molecule has 2 heterocycles. The van der Waals surface area contributed by atoms with Crippen molar-refractivity contribution in [3.63, 3.8) is 0 Å². The van der Waals surface area contributed by atoms with Crippen LogP contribution in [0.25, 0.3) is 0 Å². The number of hydrogen-bond donors (Lipinski definition) is 0. The summed E-state index contributed by atoms with van der Waals surface area (Å²) in [7, 11) is 1.17. The number of amides is 1. The molecular formula is C13H15N3O6S. The van der Waals surface area contributed by atoms with Crippen LogP contribution >= 0.6 is 11.8 Å². The second-order valence-corrected chi connectivity index (χ2v) is 5.78. The number of rotatable bonds is 4. The van der Waals surface area contributed by atoms with E-state index in [4.69, 9.17) is 9.47 Å². The van der Waals surface area contributed by atoms with Crippen LogP contribution in [-0.2, 0) is 28.7 Å². The predicted molar refractivity (Wildman–Crippen MR) is 79.8 cm³/mol. The summed E-state index contributed by atoms with van der Waals surface area (Å²) >= 11 is 1.28. The molecule has 0 aromatic heterocycles. The van der Waals surface area contributed by atoms with Gasteiger partial charge in [0.2, 0.25) is 11.5 Å². The third kappa shape index (κ3) is 2.58. The zero-order valence-electron chi connectivity index (χ0n) is 12.8. The molecule has 9 nitrogen and oxygen atoms in total. The fourth-order valence-corrected chi connectivity index (χ4v) is 3.62. The number of thioether (sulfide) groups is 1. The van der Waals surface area contributed by atoms with E-state index < -0.39 is 29.3 Å². The van der Waals surface area contributed by atoms with E-state index in [1.54, 1.807) is 0 Å². The number of carbonyl (C=O) groups is 4. The van der Waals surface area contributed by atoms with E-state index in [2.05, 4.69) is 11.7 Å². The highest BCUT2D eigenvalue weighted by Gasteiger charge is 2.61. The Bertz CT molecular complexity index is 646. The van der Waals surface area contributed by atoms with Crippen LogP contribution in [0.1, 0.15) is 13.8 Å². The van der Waals surface area contributed by atoms with Gasteiger partial charge in [0.05, 0.1) is 18.7 Å². The molecule has 0 N–H and O–H groups in total. The number of Topliss-reactive ketones (excluding diaryl/α,β-unsaturated/α-hetero) is 1. The van der Waals surface area contributed by atoms with Gasteiger partial charge < -0.3 is 9.47 Å². The molecule has 23 heavy (non-hydrogen) atoms. The number of ketones is 1. The van der Waals surface area contributed by atoms with Crippen molar-refractivity contribution in [2.24, 2.45) is 5.10 Å². The van der Waals surface area contributed by atoms with Crippen molar-refractivity contribution in [3.8, 4) is 0 Å². The van der Waals surface area contributed by atoms with E-state index in [1.165, 1.54) is 30.7 Å². The Morgan fingerprint density at radius 1 is 1.35 bits per heavy atom. The molecule has 2 rings (SSSR count). The first-order chi connectivity index (χ1) is 10.8. The third-order valence-electron chi connectivity index (χ3n) is 3.31. The molecular weight excluding hydrogens is 326 g/mol. The van der Waals surface area contributed by atoms with E-state index in [0.29, 0.717) is 0 Å². The van der Waals surface area contributed by atoms with Gasteiger partial charge in [-0.15, -0.1) is 11.8 Å². The quantitative estimate of drug-likeness (QED) is 0.506. The van der Waals surface area contributed by atoms with Gasteiger partial charge >= 0.3 is 11.9 Å². The summed E-state index contributed by atoms with van der Waals surface area (Å²) in [5.41, 5.74) is -2.01. The van der Waals surface area contributed by atoms with Gasteiger partial charge in [-0.25, -0.2) is 4.79 Å². The van der Waals surface area contributed by atoms with Gasteiger partial charge in [0.1, 0.15) is 0 Å². The standard InChI is InChI=1S/C13H15N3O6S/c1-7(17)10-11(19)15-6-23-5-13(15,12(20)21-4)16(14-10)8(2)22-9(3)18/h2,5-6H2,1,3-4H3/t13-/m1/s1. The SMILES string of the molecule is C=C(OC(C)=O)N1N=C(C(C)=O)C(=O)N2CSC[C@@]21C(=O)OC. The lowest BCUT2D eigenvalue weighted by Crippen LogP contribution is -2.68. The van der Waals surface area contributed by atoms with E-state index in [9.17, 15) is 19.2 Å². The average molecular weight is 341 g/mol. The number of esters is 2. The number of nitrogens with zero attached hydrogens (tertiary/aromatic N) is 3. The van der Waals surface area contributed by atoms with Crippen molar-refractivity contribution in [1.82, 2.24) is 9.91 Å². The van der Waals surface area contributed by atoms with E-state index in [1.807, 2.05) is 0 Å². The van der Waals surface area contributed by atoms with E-state index in [0.717, 1.165) is 11.9 Å². The lowest BCUT2D eigenvalue weighted by molar-refractivity contribution is -0.174. The van der Waals surface area contributed by atoms with Gasteiger partial charge in [-0.1, -0.05) is 0 Å². The molecule has 1 atom stereocenters. The highest BCUT2D eigenvalue weighted by molar-refractivity contribution is 7.99. The third-order valence-corrected chi connectivity index (χ3v) is 4.36. The van der Waals surface area contributed by atoms with Crippen LogP contribution in [0.2, 0.25) is 0 Å². The molecule has 0 spiro atoms. The maximum atomic E-state index is 12.5. The second kappa shape index (κ2) is 6.03. The molecule has 0 aromatic rings. The molecule has 2 aliphatic heterocycles. The first kappa shape index (κ1) is 17.0. The maximum Gasteiger partial charge on any atom is 0.356 e. The van der Waals surface area contributed by atoms with Gasteiger partial charge in [-0.05, 0) is 6.58 Å². The minimum atomic E-state index is -1.64. The predicted octanol–water partition coefficient (Wildman–Crippen LogP) is -0.317. The normalized spacial score (nSPS) is 23.1. The zero-order chi connectivity index (χ0) is 17.4. The van der Waals surface area contributed by atoms with Crippen molar-refractivity contribution in [2.45, 2.75) is 19.5 Å². The average Bonchev–Trinajstić information content (AvgIpc) is 2.91. The first-order valence-corrected chi connectivity index (χ1v) is 7.66. The molecule has 124 valence electrons. The molecule has 0 radical (unpaired) electrons. The van der Waals surface area contributed by atoms with Crippen molar-refractivity contribution < 1.29 is 28.7 Å². The number of ether oxygens (including phenoxy) is 2. The number of hydrogen-bond acceptors (Lipinski definition) is 9. The summed E-state index contributed by atoms with van der Waals surface area (Å²) in [6.07, 6.45) is 0. The summed E-state index contributed by atoms with van der Waals surface area (Å²) in [4.78, 5) is 48.9. The Morgan fingerprint density at radius 2 is 2.00 bits per heavy atom. The topological polar surface area (TPSA) is 106 Å². The van der Waals surface area contributed by atoms with Gasteiger partial charge in [0, 0.05) is 13.8 Å². The lowest BCUT2D eigenvalue weighted by atomic mass is 10.1. The molecule has 0 aromatic carbocycles. The summed E-state index contributed by atoms with van der Waals surface area (Å²) in [6.45, 7) is 5.90. The van der Waals surface area contributed by atoms with Gasteiger partial charge in [0.15, 0.2) is 11.5 Å². The molecule has 0 bridgehead atoms. The Hall–Kier alpha value is -2.36. The summed E-state index contributed by atoms with van der Waals surface area (Å²) in [5, 5.41) is 4.89. The molecule has 1 fully saturated rings. The molecule has 1 saturated heterocycles. The first-order valence-electron chi connectivity index (χ1n) is 6.51. The van der Waals surface area contributed by atoms with Crippen molar-refractivity contribution in [3.05, 3.63) is 12.5 Å². The van der Waals surface area contributed by atoms with E-state index in [-0.39, 0.29) is 23.2 Å². The minimum Gasteiger partial charge on any atom is -0.466 e. The molecule has 0 saturated carbocycles. The monoisotopic (exact) mass is 341 g/mol. The van der Waals surface area contributed by atoms with Gasteiger partial charge in [0.25, 0.3) is 5.91 Å². The van der Waals surface area contributed by atoms with Gasteiger partial charge in [-0.3, -0.25) is 19.3 Å². The van der Waals surface area contributed by atoms with Crippen LogP contribution in [0.5, 0.6) is 0 Å². The summed E-state index contributed by atoms with van der Waals surface area (Å²) in [5.74, 6) is -2.70. The van der Waals surface area contributed by atoms with Crippen molar-refractivity contribution >= 4 is 41.1 Å². The highest BCUT2D eigenvalue weighted by atomic mass is 32.2. The summed E-state index contributed by atoms with van der Waals surface area (Å²) < 4.78 is 9.70. The minimum absolute atomic E-state index is 0.125. The number of fused-ring (bicyclic) bond motifs is 1. The molecule has 0 unspecified atom stereocenters. The highest BCUT2D eigenvalue weighted by Crippen LogP contribution is 2.40. The van der Waals surface area contributed by atoms with Crippen molar-refractivity contribution in [2.75, 3.05) is 18.7 Å². The summed E-state index contributed by atoms with van der Waals surface area (Å²) in [6, 6.07) is 0. The lowest BCUT2D eigenvalue weighted by Gasteiger charge is -2.44. The fraction of sp³-hybridized carbons (Fsp3) is 0.462. The zero-order valence-corrected chi connectivity index (χ0v) is 13.6. The Kier molecular flexibility index (Phi) is 4.46. The van der Waals surface area contributed by atoms with Crippen LogP contribution in [0.15, 0.2) is 17.6 Å². The van der Waals surface area contributed by atoms with Gasteiger partial charge in [-0.2, -0.15) is 10.1 Å². The Balaban J connectivity index is 2.61. The molecule has 1 amide bonds. The maximum absolute atomic E-state index is 12.5. The van der Waals surface area contributed by atoms with E-state index >= 15 is 0 Å². The molecule has 0 aliphatic carbocycles. The number of methoxy groups -OCH3 is 1. The molecule has 10 heteroatoms. The van der Waals surface area contributed by atoms with Crippen LogP contribution < -0.4 is 0 Å². The largest absolute Gasteiger partial charge is 0.466 e.